The largest absolute Gasteiger partial charge is 0.466 e. The van der Waals surface area contributed by atoms with Crippen molar-refractivity contribution < 1.29 is 13.9 Å². The Kier molecular flexibility index (Phi) is 5.12. The molecule has 0 radical (unpaired) electrons. The Hall–Kier alpha value is -2.80. The first-order valence-electron chi connectivity index (χ1n) is 7.21. The molecule has 0 saturated carbocycles. The van der Waals surface area contributed by atoms with Crippen LogP contribution in [-0.2, 0) is 9.53 Å². The van der Waals surface area contributed by atoms with E-state index < -0.39 is 0 Å². The second-order valence-corrected chi connectivity index (χ2v) is 5.68. The summed E-state index contributed by atoms with van der Waals surface area (Å²) >= 11 is 1.47. The van der Waals surface area contributed by atoms with Gasteiger partial charge in [-0.25, -0.2) is 4.79 Å². The molecular weight excluding hydrogens is 326 g/mol. The molecule has 2 heterocycles. The van der Waals surface area contributed by atoms with Gasteiger partial charge in [-0.2, -0.15) is 0 Å². The van der Waals surface area contributed by atoms with E-state index in [-0.39, 0.29) is 5.97 Å². The maximum atomic E-state index is 11.1. The molecule has 6 nitrogen and oxygen atoms in total. The van der Waals surface area contributed by atoms with Crippen molar-refractivity contribution in [2.24, 2.45) is 0 Å². The van der Waals surface area contributed by atoms with Crippen molar-refractivity contribution in [1.82, 2.24) is 14.8 Å². The van der Waals surface area contributed by atoms with Crippen LogP contribution in [0.15, 0.2) is 70.5 Å². The number of aromatic nitrogens is 3. The molecule has 0 atom stereocenters. The lowest BCUT2D eigenvalue weighted by molar-refractivity contribution is -0.134. The maximum absolute atomic E-state index is 11.1. The molecule has 0 amide bonds. The Morgan fingerprint density at radius 2 is 2.08 bits per heavy atom. The van der Waals surface area contributed by atoms with Crippen molar-refractivity contribution in [1.29, 1.82) is 0 Å². The Labute approximate surface area is 143 Å². The average molecular weight is 341 g/mol. The van der Waals surface area contributed by atoms with Crippen molar-refractivity contribution in [2.45, 2.75) is 5.16 Å². The first-order valence-corrected chi connectivity index (χ1v) is 8.20. The fourth-order valence-corrected chi connectivity index (χ4v) is 2.83. The molecule has 1 aromatic carbocycles. The number of methoxy groups -OCH3 is 1. The van der Waals surface area contributed by atoms with E-state index in [1.165, 1.54) is 24.9 Å². The average Bonchev–Trinajstić information content (AvgIpc) is 3.28. The summed E-state index contributed by atoms with van der Waals surface area (Å²) in [6.07, 6.45) is 4.72. The summed E-state index contributed by atoms with van der Waals surface area (Å²) in [7, 11) is 1.35. The molecule has 0 saturated heterocycles. The molecule has 0 aliphatic carbocycles. The fraction of sp³-hybridized carbons (Fsp3) is 0.118. The normalized spacial score (nSPS) is 11.0. The third-order valence-electron chi connectivity index (χ3n) is 3.15. The number of ether oxygens (including phenoxy) is 1. The van der Waals surface area contributed by atoms with Gasteiger partial charge in [0.15, 0.2) is 10.9 Å². The van der Waals surface area contributed by atoms with Gasteiger partial charge in [0.25, 0.3) is 0 Å². The summed E-state index contributed by atoms with van der Waals surface area (Å²) < 4.78 is 12.0. The third-order valence-corrected chi connectivity index (χ3v) is 4.03. The second-order valence-electron chi connectivity index (χ2n) is 4.69. The molecule has 0 unspecified atom stereocenters. The number of furan rings is 1. The molecule has 0 aliphatic rings. The number of para-hydroxylation sites is 1. The highest BCUT2D eigenvalue weighted by molar-refractivity contribution is 7.99. The third kappa shape index (κ3) is 3.57. The summed E-state index contributed by atoms with van der Waals surface area (Å²) in [5, 5.41) is 9.21. The van der Waals surface area contributed by atoms with E-state index in [0.717, 1.165) is 5.69 Å². The van der Waals surface area contributed by atoms with Gasteiger partial charge in [0.05, 0.1) is 13.4 Å². The van der Waals surface area contributed by atoms with Gasteiger partial charge in [0, 0.05) is 17.5 Å². The molecule has 0 aliphatic heterocycles. The fourth-order valence-electron chi connectivity index (χ4n) is 2.07. The zero-order chi connectivity index (χ0) is 16.8. The van der Waals surface area contributed by atoms with Crippen LogP contribution >= 0.6 is 11.8 Å². The van der Waals surface area contributed by atoms with E-state index in [9.17, 15) is 4.79 Å². The quantitative estimate of drug-likeness (QED) is 0.389. The van der Waals surface area contributed by atoms with Crippen LogP contribution < -0.4 is 0 Å². The predicted octanol–water partition coefficient (Wildman–Crippen LogP) is 3.35. The molecule has 3 rings (SSSR count). The minimum Gasteiger partial charge on any atom is -0.466 e. The van der Waals surface area contributed by atoms with Crippen molar-refractivity contribution >= 4 is 17.7 Å². The van der Waals surface area contributed by atoms with Gasteiger partial charge in [-0.1, -0.05) is 36.0 Å². The number of nitrogens with zero attached hydrogens (tertiary/aromatic N) is 3. The summed E-state index contributed by atoms with van der Waals surface area (Å²) in [5.41, 5.74) is 0.938. The number of hydrogen-bond donors (Lipinski definition) is 0. The van der Waals surface area contributed by atoms with Crippen LogP contribution in [0.25, 0.3) is 17.3 Å². The number of hydrogen-bond acceptors (Lipinski definition) is 6. The molecule has 0 N–H and O–H groups in total. The van der Waals surface area contributed by atoms with E-state index in [1.807, 2.05) is 47.0 Å². The molecule has 7 heteroatoms. The highest BCUT2D eigenvalue weighted by atomic mass is 32.2. The summed E-state index contributed by atoms with van der Waals surface area (Å²) in [5.74, 6) is 1.46. The van der Waals surface area contributed by atoms with E-state index in [2.05, 4.69) is 14.9 Å². The Bertz CT molecular complexity index is 826. The Morgan fingerprint density at radius 1 is 1.25 bits per heavy atom. The maximum Gasteiger partial charge on any atom is 0.330 e. The van der Waals surface area contributed by atoms with Crippen LogP contribution in [0.5, 0.6) is 0 Å². The van der Waals surface area contributed by atoms with Crippen LogP contribution in [0.3, 0.4) is 0 Å². The minimum absolute atomic E-state index is 0.378. The van der Waals surface area contributed by atoms with E-state index >= 15 is 0 Å². The number of rotatable bonds is 6. The summed E-state index contributed by atoms with van der Waals surface area (Å²) in [6, 6.07) is 13.5. The smallest absolute Gasteiger partial charge is 0.330 e. The van der Waals surface area contributed by atoms with Crippen LogP contribution in [0.2, 0.25) is 0 Å². The molecule has 2 aromatic heterocycles. The van der Waals surface area contributed by atoms with Crippen molar-refractivity contribution in [3.05, 3.63) is 60.9 Å². The van der Waals surface area contributed by atoms with Gasteiger partial charge in [-0.3, -0.25) is 4.57 Å². The summed E-state index contributed by atoms with van der Waals surface area (Å²) in [4.78, 5) is 11.1. The van der Waals surface area contributed by atoms with Gasteiger partial charge >= 0.3 is 5.97 Å². The van der Waals surface area contributed by atoms with Crippen molar-refractivity contribution in [3.63, 3.8) is 0 Å². The van der Waals surface area contributed by atoms with Crippen LogP contribution in [-0.4, -0.2) is 33.6 Å². The molecule has 0 bridgehead atoms. The van der Waals surface area contributed by atoms with Crippen LogP contribution in [0.4, 0.5) is 0 Å². The lowest BCUT2D eigenvalue weighted by Gasteiger charge is -2.08. The lowest BCUT2D eigenvalue weighted by atomic mass is 10.3. The van der Waals surface area contributed by atoms with E-state index in [0.29, 0.717) is 22.5 Å². The number of carbonyl (C=O) groups is 1. The first kappa shape index (κ1) is 16.1. The predicted molar refractivity (Wildman–Crippen MR) is 90.9 cm³/mol. The SMILES string of the molecule is COC(=O)C=CCSc1nnc(-c2ccco2)n1-c1ccccc1. The van der Waals surface area contributed by atoms with E-state index in [4.69, 9.17) is 4.42 Å². The van der Waals surface area contributed by atoms with Gasteiger partial charge < -0.3 is 9.15 Å². The molecule has 0 spiro atoms. The lowest BCUT2D eigenvalue weighted by Crippen LogP contribution is -1.99. The minimum atomic E-state index is -0.378. The highest BCUT2D eigenvalue weighted by Gasteiger charge is 2.17. The topological polar surface area (TPSA) is 70.2 Å². The van der Waals surface area contributed by atoms with Crippen LogP contribution in [0, 0.1) is 0 Å². The second kappa shape index (κ2) is 7.65. The zero-order valence-electron chi connectivity index (χ0n) is 13.0. The van der Waals surface area contributed by atoms with Gasteiger partial charge in [-0.15, -0.1) is 10.2 Å². The van der Waals surface area contributed by atoms with E-state index in [1.54, 1.807) is 12.3 Å². The highest BCUT2D eigenvalue weighted by Crippen LogP contribution is 2.28. The molecule has 24 heavy (non-hydrogen) atoms. The van der Waals surface area contributed by atoms with Crippen molar-refractivity contribution in [3.8, 4) is 17.3 Å². The molecule has 3 aromatic rings. The number of carbonyl (C=O) groups excluding carboxylic acids is 1. The van der Waals surface area contributed by atoms with Gasteiger partial charge in [-0.05, 0) is 24.3 Å². The first-order chi connectivity index (χ1) is 11.8. The monoisotopic (exact) mass is 341 g/mol. The van der Waals surface area contributed by atoms with Crippen LogP contribution in [0.1, 0.15) is 0 Å². The number of thioether (sulfide) groups is 1. The van der Waals surface area contributed by atoms with Gasteiger partial charge in [0.1, 0.15) is 0 Å². The standard InChI is InChI=1S/C17H15N3O3S/c1-22-15(21)10-6-12-24-17-19-18-16(14-9-5-11-23-14)20(17)13-7-3-2-4-8-13/h2-11H,12H2,1H3. The Morgan fingerprint density at radius 3 is 2.79 bits per heavy atom. The zero-order valence-corrected chi connectivity index (χ0v) is 13.8. The Balaban J connectivity index is 1.89. The number of esters is 1. The van der Waals surface area contributed by atoms with Gasteiger partial charge in [0.2, 0.25) is 5.82 Å². The molecule has 122 valence electrons. The summed E-state index contributed by atoms with van der Waals surface area (Å²) in [6.45, 7) is 0. The number of benzene rings is 1. The molecule has 0 fully saturated rings. The van der Waals surface area contributed by atoms with Crippen molar-refractivity contribution in [2.75, 3.05) is 12.9 Å². The molecular formula is C17H15N3O3S.